The molecule has 0 saturated heterocycles. The molecule has 3 rings (SSSR count). The second kappa shape index (κ2) is 7.42. The van der Waals surface area contributed by atoms with Gasteiger partial charge in [0.1, 0.15) is 6.33 Å². The lowest BCUT2D eigenvalue weighted by Crippen LogP contribution is -2.33. The maximum Gasteiger partial charge on any atom is 0.249 e. The fraction of sp³-hybridized carbons (Fsp3) is 0.125. The number of aromatic nitrogens is 4. The number of tetrazole rings is 1. The number of carbonyl (C=O) groups is 1. The van der Waals surface area contributed by atoms with Crippen LogP contribution in [0.3, 0.4) is 0 Å². The average molecular weight is 372 g/mol. The second-order valence-electron chi connectivity index (χ2n) is 5.51. The van der Waals surface area contributed by atoms with Crippen molar-refractivity contribution in [3.63, 3.8) is 0 Å². The molecule has 9 nitrogen and oxygen atoms in total. The molecule has 134 valence electrons. The molecule has 0 radical (unpaired) electrons. The van der Waals surface area contributed by atoms with Crippen molar-refractivity contribution in [2.45, 2.75) is 17.5 Å². The molecular weight excluding hydrogens is 356 g/mol. The number of benzene rings is 2. The zero-order valence-corrected chi connectivity index (χ0v) is 14.4. The number of hydrogen-bond acceptors (Lipinski definition) is 6. The van der Waals surface area contributed by atoms with Gasteiger partial charge in [-0.1, -0.05) is 42.5 Å². The van der Waals surface area contributed by atoms with Crippen molar-refractivity contribution in [2.24, 2.45) is 5.14 Å². The van der Waals surface area contributed by atoms with Gasteiger partial charge in [-0.05, 0) is 33.7 Å². The molecule has 2 aromatic carbocycles. The van der Waals surface area contributed by atoms with Gasteiger partial charge >= 0.3 is 0 Å². The average Bonchev–Trinajstić information content (AvgIpc) is 3.15. The Kier molecular flexibility index (Phi) is 5.05. The van der Waals surface area contributed by atoms with Gasteiger partial charge in [0.25, 0.3) is 0 Å². The standard InChI is InChI=1S/C16H16N6O3S/c17-26(24,25)14-8-6-12(7-9-14)10-18-16(23)15(22-11-19-20-21-22)13-4-2-1-3-5-13/h1-9,11,15H,10H2,(H,18,23)(H2,17,24,25)/t15-/m0/s1. The molecule has 10 heteroatoms. The Hall–Kier alpha value is -3.11. The van der Waals surface area contributed by atoms with Gasteiger partial charge in [-0.15, -0.1) is 5.10 Å². The van der Waals surface area contributed by atoms with Crippen molar-refractivity contribution in [1.29, 1.82) is 0 Å². The third-order valence-corrected chi connectivity index (χ3v) is 4.64. The summed E-state index contributed by atoms with van der Waals surface area (Å²) in [7, 11) is -3.74. The number of sulfonamides is 1. The topological polar surface area (TPSA) is 133 Å². The first-order chi connectivity index (χ1) is 12.4. The smallest absolute Gasteiger partial charge is 0.249 e. The summed E-state index contributed by atoms with van der Waals surface area (Å²) in [6.07, 6.45) is 1.37. The van der Waals surface area contributed by atoms with E-state index in [1.54, 1.807) is 12.1 Å². The summed E-state index contributed by atoms with van der Waals surface area (Å²) in [5, 5.41) is 18.9. The van der Waals surface area contributed by atoms with Crippen molar-refractivity contribution < 1.29 is 13.2 Å². The fourth-order valence-electron chi connectivity index (χ4n) is 2.43. The Morgan fingerprint density at radius 2 is 1.81 bits per heavy atom. The summed E-state index contributed by atoms with van der Waals surface area (Å²) < 4.78 is 23.9. The van der Waals surface area contributed by atoms with Crippen LogP contribution < -0.4 is 10.5 Å². The van der Waals surface area contributed by atoms with E-state index in [-0.39, 0.29) is 17.3 Å². The molecule has 1 amide bonds. The number of hydrogen-bond donors (Lipinski definition) is 2. The quantitative estimate of drug-likeness (QED) is 0.636. The monoisotopic (exact) mass is 372 g/mol. The van der Waals surface area contributed by atoms with Crippen LogP contribution in [0, 0.1) is 0 Å². The highest BCUT2D eigenvalue weighted by Gasteiger charge is 2.23. The summed E-state index contributed by atoms with van der Waals surface area (Å²) >= 11 is 0. The molecule has 1 heterocycles. The molecule has 0 unspecified atom stereocenters. The van der Waals surface area contributed by atoms with Gasteiger partial charge in [0.15, 0.2) is 6.04 Å². The number of amides is 1. The van der Waals surface area contributed by atoms with Crippen molar-refractivity contribution in [1.82, 2.24) is 25.5 Å². The highest BCUT2D eigenvalue weighted by atomic mass is 32.2. The Morgan fingerprint density at radius 3 is 2.38 bits per heavy atom. The minimum absolute atomic E-state index is 0.0171. The maximum atomic E-state index is 12.7. The number of nitrogens with one attached hydrogen (secondary N) is 1. The van der Waals surface area contributed by atoms with E-state index in [2.05, 4.69) is 20.8 Å². The molecule has 3 aromatic rings. The van der Waals surface area contributed by atoms with E-state index in [1.165, 1.54) is 23.1 Å². The van der Waals surface area contributed by atoms with Crippen LogP contribution in [0.5, 0.6) is 0 Å². The molecule has 0 aliphatic heterocycles. The lowest BCUT2D eigenvalue weighted by atomic mass is 10.1. The van der Waals surface area contributed by atoms with Gasteiger partial charge in [-0.25, -0.2) is 18.2 Å². The lowest BCUT2D eigenvalue weighted by molar-refractivity contribution is -0.123. The molecule has 1 aromatic heterocycles. The van der Waals surface area contributed by atoms with E-state index in [9.17, 15) is 13.2 Å². The summed E-state index contributed by atoms with van der Waals surface area (Å²) in [4.78, 5) is 12.7. The van der Waals surface area contributed by atoms with E-state index >= 15 is 0 Å². The zero-order chi connectivity index (χ0) is 18.6. The number of rotatable bonds is 6. The van der Waals surface area contributed by atoms with Crippen LogP contribution in [0.25, 0.3) is 0 Å². The molecular formula is C16H16N6O3S. The third kappa shape index (κ3) is 4.10. The lowest BCUT2D eigenvalue weighted by Gasteiger charge is -2.16. The van der Waals surface area contributed by atoms with Crippen LogP contribution in [0.1, 0.15) is 17.2 Å². The van der Waals surface area contributed by atoms with Gasteiger partial charge in [-0.2, -0.15) is 0 Å². The van der Waals surface area contributed by atoms with Crippen LogP contribution in [0.4, 0.5) is 0 Å². The number of carbonyl (C=O) groups excluding carboxylic acids is 1. The van der Waals surface area contributed by atoms with Crippen molar-refractivity contribution in [3.8, 4) is 0 Å². The molecule has 0 saturated carbocycles. The van der Waals surface area contributed by atoms with Gasteiger partial charge < -0.3 is 5.32 Å². The molecule has 0 fully saturated rings. The normalized spacial score (nSPS) is 12.5. The highest BCUT2D eigenvalue weighted by Crippen LogP contribution is 2.17. The Labute approximate surface area is 149 Å². The van der Waals surface area contributed by atoms with E-state index in [0.29, 0.717) is 0 Å². The molecule has 1 atom stereocenters. The number of nitrogens with zero attached hydrogens (tertiary/aromatic N) is 4. The van der Waals surface area contributed by atoms with Crippen LogP contribution in [0.15, 0.2) is 65.8 Å². The van der Waals surface area contributed by atoms with Gasteiger partial charge in [0.2, 0.25) is 15.9 Å². The first-order valence-corrected chi connectivity index (χ1v) is 9.16. The Bertz CT molecular complexity index is 973. The first-order valence-electron chi connectivity index (χ1n) is 7.62. The van der Waals surface area contributed by atoms with Gasteiger partial charge in [-0.3, -0.25) is 4.79 Å². The third-order valence-electron chi connectivity index (χ3n) is 3.71. The van der Waals surface area contributed by atoms with Gasteiger partial charge in [0.05, 0.1) is 4.90 Å². The van der Waals surface area contributed by atoms with Crippen LogP contribution in [-0.4, -0.2) is 34.5 Å². The van der Waals surface area contributed by atoms with E-state index in [4.69, 9.17) is 5.14 Å². The highest BCUT2D eigenvalue weighted by molar-refractivity contribution is 7.89. The molecule has 26 heavy (non-hydrogen) atoms. The molecule has 3 N–H and O–H groups in total. The number of nitrogens with two attached hydrogens (primary N) is 1. The van der Waals surface area contributed by atoms with E-state index < -0.39 is 16.1 Å². The maximum absolute atomic E-state index is 12.7. The summed E-state index contributed by atoms with van der Waals surface area (Å²) in [6, 6.07) is 14.4. The molecule has 0 spiro atoms. The minimum Gasteiger partial charge on any atom is -0.350 e. The Morgan fingerprint density at radius 1 is 1.12 bits per heavy atom. The zero-order valence-electron chi connectivity index (χ0n) is 13.6. The van der Waals surface area contributed by atoms with Crippen LogP contribution in [-0.2, 0) is 21.4 Å². The van der Waals surface area contributed by atoms with E-state index in [0.717, 1.165) is 11.1 Å². The summed E-state index contributed by atoms with van der Waals surface area (Å²) in [5.74, 6) is -0.293. The van der Waals surface area contributed by atoms with Crippen molar-refractivity contribution >= 4 is 15.9 Å². The van der Waals surface area contributed by atoms with E-state index in [1.807, 2.05) is 30.3 Å². The largest absolute Gasteiger partial charge is 0.350 e. The number of primary sulfonamides is 1. The van der Waals surface area contributed by atoms with Crippen molar-refractivity contribution in [3.05, 3.63) is 72.1 Å². The van der Waals surface area contributed by atoms with Crippen molar-refractivity contribution in [2.75, 3.05) is 0 Å². The van der Waals surface area contributed by atoms with Gasteiger partial charge in [0, 0.05) is 6.54 Å². The second-order valence-corrected chi connectivity index (χ2v) is 7.07. The predicted molar refractivity (Wildman–Crippen MR) is 92.1 cm³/mol. The SMILES string of the molecule is NS(=O)(=O)c1ccc(CNC(=O)[C@H](c2ccccc2)n2cnnn2)cc1. The molecule has 0 bridgehead atoms. The summed E-state index contributed by atoms with van der Waals surface area (Å²) in [5.41, 5.74) is 1.47. The predicted octanol–water partition coefficient (Wildman–Crippen LogP) is 0.226. The summed E-state index contributed by atoms with van der Waals surface area (Å²) in [6.45, 7) is 0.217. The first kappa shape index (κ1) is 17.7. The minimum atomic E-state index is -3.74. The molecule has 0 aliphatic carbocycles. The molecule has 0 aliphatic rings. The Balaban J connectivity index is 1.75. The fourth-order valence-corrected chi connectivity index (χ4v) is 2.94. The van der Waals surface area contributed by atoms with Crippen LogP contribution in [0.2, 0.25) is 0 Å². The van der Waals surface area contributed by atoms with Crippen LogP contribution >= 0.6 is 0 Å².